The Balaban J connectivity index is 1.27. The van der Waals surface area contributed by atoms with Gasteiger partial charge in [-0.3, -0.25) is 0 Å². The van der Waals surface area contributed by atoms with Crippen LogP contribution in [0.2, 0.25) is 0 Å². The number of hydrogen-bond acceptors (Lipinski definition) is 4. The van der Waals surface area contributed by atoms with Gasteiger partial charge in [-0.15, -0.1) is 0 Å². The predicted molar refractivity (Wildman–Crippen MR) is 162 cm³/mol. The van der Waals surface area contributed by atoms with Crippen LogP contribution in [0.1, 0.15) is 5.56 Å². The van der Waals surface area contributed by atoms with E-state index in [1.807, 2.05) is 43.3 Å². The molecule has 39 heavy (non-hydrogen) atoms. The minimum absolute atomic E-state index is 0.679. The normalized spacial score (nSPS) is 10.8. The van der Waals surface area contributed by atoms with Crippen molar-refractivity contribution >= 4 is 22.7 Å². The zero-order valence-electron chi connectivity index (χ0n) is 21.7. The molecule has 0 atom stereocenters. The van der Waals surface area contributed by atoms with Crippen LogP contribution in [0.15, 0.2) is 140 Å². The van der Waals surface area contributed by atoms with E-state index in [4.69, 9.17) is 10.7 Å². The number of nitrogens with two attached hydrogens (primary N) is 1. The Hall–Kier alpha value is -5.22. The number of hydrogen-bond donors (Lipinski definition) is 1. The van der Waals surface area contributed by atoms with Crippen molar-refractivity contribution in [2.45, 2.75) is 6.92 Å². The molecule has 5 aromatic carbocycles. The van der Waals surface area contributed by atoms with Gasteiger partial charge >= 0.3 is 0 Å². The maximum Gasteiger partial charge on any atom is 0.160 e. The zero-order chi connectivity index (χ0) is 26.6. The fourth-order valence-corrected chi connectivity index (χ4v) is 4.78. The van der Waals surface area contributed by atoms with Crippen molar-refractivity contribution in [3.8, 4) is 33.8 Å². The summed E-state index contributed by atoms with van der Waals surface area (Å²) in [6.45, 7) is 2.00. The first-order chi connectivity index (χ1) is 19.2. The molecule has 1 aromatic heterocycles. The van der Waals surface area contributed by atoms with Gasteiger partial charge < -0.3 is 10.6 Å². The van der Waals surface area contributed by atoms with Gasteiger partial charge in [-0.2, -0.15) is 0 Å². The number of nitrogen functional groups attached to an aromatic ring is 1. The number of rotatable bonds is 6. The van der Waals surface area contributed by atoms with Gasteiger partial charge in [-0.25, -0.2) is 9.97 Å². The summed E-state index contributed by atoms with van der Waals surface area (Å²) in [5.74, 6) is 0.679. The summed E-state index contributed by atoms with van der Waals surface area (Å²) in [6, 6.07) is 45.9. The molecular weight excluding hydrogens is 476 g/mol. The number of anilines is 4. The van der Waals surface area contributed by atoms with Crippen molar-refractivity contribution in [3.63, 3.8) is 0 Å². The van der Waals surface area contributed by atoms with Crippen molar-refractivity contribution in [2.75, 3.05) is 10.6 Å². The number of para-hydroxylation sites is 2. The molecule has 0 radical (unpaired) electrons. The van der Waals surface area contributed by atoms with Gasteiger partial charge in [0.15, 0.2) is 5.82 Å². The molecule has 6 rings (SSSR count). The lowest BCUT2D eigenvalue weighted by atomic mass is 10.0. The van der Waals surface area contributed by atoms with Crippen LogP contribution in [0.5, 0.6) is 0 Å². The van der Waals surface area contributed by atoms with E-state index in [0.717, 1.165) is 56.3 Å². The Morgan fingerprint density at radius 3 is 1.69 bits per heavy atom. The molecule has 1 heterocycles. The lowest BCUT2D eigenvalue weighted by molar-refractivity contribution is 1.17. The summed E-state index contributed by atoms with van der Waals surface area (Å²) in [6.07, 6.45) is 1.80. The van der Waals surface area contributed by atoms with E-state index in [9.17, 15) is 0 Å². The SMILES string of the molecule is Cc1c(N)cccc1-c1nccc(-c2ccc(-c3ccc(N(c4ccccc4)c4ccccc4)cc3)cc2)n1. The minimum Gasteiger partial charge on any atom is -0.398 e. The van der Waals surface area contributed by atoms with Gasteiger partial charge in [0.25, 0.3) is 0 Å². The summed E-state index contributed by atoms with van der Waals surface area (Å²) < 4.78 is 0. The number of nitrogens with zero attached hydrogens (tertiary/aromatic N) is 3. The van der Waals surface area contributed by atoms with Gasteiger partial charge in [0.05, 0.1) is 5.69 Å². The van der Waals surface area contributed by atoms with Crippen LogP contribution in [-0.4, -0.2) is 9.97 Å². The topological polar surface area (TPSA) is 55.0 Å². The Kier molecular flexibility index (Phi) is 6.59. The van der Waals surface area contributed by atoms with Gasteiger partial charge in [0, 0.05) is 40.1 Å². The van der Waals surface area contributed by atoms with Crippen molar-refractivity contribution in [3.05, 3.63) is 145 Å². The van der Waals surface area contributed by atoms with Crippen molar-refractivity contribution in [1.29, 1.82) is 0 Å². The molecule has 0 spiro atoms. The monoisotopic (exact) mass is 504 g/mol. The molecule has 188 valence electrons. The fourth-order valence-electron chi connectivity index (χ4n) is 4.78. The highest BCUT2D eigenvalue weighted by molar-refractivity contribution is 5.79. The molecule has 0 unspecified atom stereocenters. The smallest absolute Gasteiger partial charge is 0.160 e. The fraction of sp³-hybridized carbons (Fsp3) is 0.0286. The predicted octanol–water partition coefficient (Wildman–Crippen LogP) is 8.84. The molecule has 0 aliphatic carbocycles. The van der Waals surface area contributed by atoms with Crippen molar-refractivity contribution < 1.29 is 0 Å². The highest BCUT2D eigenvalue weighted by Crippen LogP contribution is 2.35. The molecule has 0 amide bonds. The van der Waals surface area contributed by atoms with E-state index >= 15 is 0 Å². The molecule has 2 N–H and O–H groups in total. The molecule has 4 nitrogen and oxygen atoms in total. The third-order valence-corrected chi connectivity index (χ3v) is 6.94. The van der Waals surface area contributed by atoms with Gasteiger partial charge in [0.1, 0.15) is 0 Å². The Morgan fingerprint density at radius 2 is 1.08 bits per heavy atom. The third kappa shape index (κ3) is 5.00. The van der Waals surface area contributed by atoms with E-state index in [-0.39, 0.29) is 0 Å². The van der Waals surface area contributed by atoms with E-state index < -0.39 is 0 Å². The Bertz CT molecular complexity index is 1660. The third-order valence-electron chi connectivity index (χ3n) is 6.94. The van der Waals surface area contributed by atoms with Crippen molar-refractivity contribution in [1.82, 2.24) is 9.97 Å². The quantitative estimate of drug-likeness (QED) is 0.230. The molecule has 0 fully saturated rings. The molecule has 0 saturated heterocycles. The van der Waals surface area contributed by atoms with Crippen molar-refractivity contribution in [2.24, 2.45) is 0 Å². The summed E-state index contributed by atoms with van der Waals surface area (Å²) >= 11 is 0. The first-order valence-electron chi connectivity index (χ1n) is 13.0. The summed E-state index contributed by atoms with van der Waals surface area (Å²) in [5.41, 5.74) is 16.4. The lowest BCUT2D eigenvalue weighted by Crippen LogP contribution is -2.09. The van der Waals surface area contributed by atoms with Crippen LogP contribution in [0, 0.1) is 6.92 Å². The van der Waals surface area contributed by atoms with E-state index in [1.54, 1.807) is 6.20 Å². The average Bonchev–Trinajstić information content (AvgIpc) is 3.00. The van der Waals surface area contributed by atoms with E-state index in [0.29, 0.717) is 5.82 Å². The van der Waals surface area contributed by atoms with E-state index in [2.05, 4.69) is 107 Å². The first-order valence-corrected chi connectivity index (χ1v) is 13.0. The standard InChI is InChI=1S/C35H28N4/c1-25-32(13-8-14-33(25)36)35-37-24-23-34(38-35)28-17-15-26(16-18-28)27-19-21-31(22-20-27)39(29-9-4-2-5-10-29)30-11-6-3-7-12-30/h2-24H,36H2,1H3. The summed E-state index contributed by atoms with van der Waals surface area (Å²) in [5, 5.41) is 0. The Morgan fingerprint density at radius 1 is 0.538 bits per heavy atom. The zero-order valence-corrected chi connectivity index (χ0v) is 21.7. The van der Waals surface area contributed by atoms with Gasteiger partial charge in [0.2, 0.25) is 0 Å². The first kappa shape index (κ1) is 24.1. The maximum atomic E-state index is 6.11. The van der Waals surface area contributed by atoms with Gasteiger partial charge in [-0.1, -0.05) is 84.9 Å². The lowest BCUT2D eigenvalue weighted by Gasteiger charge is -2.25. The van der Waals surface area contributed by atoms with Crippen LogP contribution >= 0.6 is 0 Å². The Labute approximate surface area is 229 Å². The minimum atomic E-state index is 0.679. The maximum absolute atomic E-state index is 6.11. The average molecular weight is 505 g/mol. The molecule has 4 heteroatoms. The number of aromatic nitrogens is 2. The second-order valence-electron chi connectivity index (χ2n) is 9.42. The van der Waals surface area contributed by atoms with Crippen LogP contribution in [0.4, 0.5) is 22.7 Å². The largest absolute Gasteiger partial charge is 0.398 e. The van der Waals surface area contributed by atoms with Crippen LogP contribution < -0.4 is 10.6 Å². The summed E-state index contributed by atoms with van der Waals surface area (Å²) in [4.78, 5) is 11.6. The van der Waals surface area contributed by atoms with Crippen LogP contribution in [0.3, 0.4) is 0 Å². The molecule has 6 aromatic rings. The van der Waals surface area contributed by atoms with Crippen LogP contribution in [0.25, 0.3) is 33.8 Å². The van der Waals surface area contributed by atoms with Crippen LogP contribution in [-0.2, 0) is 0 Å². The molecular formula is C35H28N4. The molecule has 0 saturated carbocycles. The summed E-state index contributed by atoms with van der Waals surface area (Å²) in [7, 11) is 0. The van der Waals surface area contributed by atoms with E-state index in [1.165, 1.54) is 0 Å². The van der Waals surface area contributed by atoms with Gasteiger partial charge in [-0.05, 0) is 72.1 Å². The second-order valence-corrected chi connectivity index (χ2v) is 9.42. The number of benzene rings is 5. The molecule has 0 aliphatic heterocycles. The highest BCUT2D eigenvalue weighted by atomic mass is 15.1. The second kappa shape index (κ2) is 10.6. The highest BCUT2D eigenvalue weighted by Gasteiger charge is 2.12. The molecule has 0 bridgehead atoms. The molecule has 0 aliphatic rings.